The van der Waals surface area contributed by atoms with Crippen molar-refractivity contribution >= 4 is 17.6 Å². The van der Waals surface area contributed by atoms with E-state index in [0.717, 1.165) is 12.0 Å². The Morgan fingerprint density at radius 3 is 2.58 bits per heavy atom. The highest BCUT2D eigenvalue weighted by atomic mass is 19.4. The molecule has 26 heavy (non-hydrogen) atoms. The Balaban J connectivity index is 2.68. The van der Waals surface area contributed by atoms with E-state index in [-0.39, 0.29) is 24.9 Å². The first-order chi connectivity index (χ1) is 12.2. The van der Waals surface area contributed by atoms with Crippen LogP contribution in [0.1, 0.15) is 39.2 Å². The summed E-state index contributed by atoms with van der Waals surface area (Å²) in [5.41, 5.74) is 1.53. The summed E-state index contributed by atoms with van der Waals surface area (Å²) < 4.78 is 36.7. The first-order valence-corrected chi connectivity index (χ1v) is 8.73. The number of carbonyl (C=O) groups is 1. The van der Waals surface area contributed by atoms with Gasteiger partial charge in [0.25, 0.3) is 0 Å². The second-order valence-corrected chi connectivity index (χ2v) is 5.99. The number of hydrogen-bond acceptors (Lipinski definition) is 2. The van der Waals surface area contributed by atoms with Gasteiger partial charge in [-0.1, -0.05) is 26.0 Å². The first-order valence-electron chi connectivity index (χ1n) is 8.73. The number of halogens is 3. The fourth-order valence-electron chi connectivity index (χ4n) is 2.03. The summed E-state index contributed by atoms with van der Waals surface area (Å²) in [5, 5.41) is 8.43. The molecule has 0 heterocycles. The molecule has 0 spiro atoms. The molecule has 0 bridgehead atoms. The van der Waals surface area contributed by atoms with E-state index in [1.807, 2.05) is 32.9 Å². The molecule has 146 valence electrons. The van der Waals surface area contributed by atoms with Gasteiger partial charge in [0.15, 0.2) is 5.96 Å². The molecule has 1 aromatic rings. The van der Waals surface area contributed by atoms with Crippen molar-refractivity contribution in [1.82, 2.24) is 10.6 Å². The number of anilines is 1. The van der Waals surface area contributed by atoms with Crippen molar-refractivity contribution in [3.05, 3.63) is 29.8 Å². The average Bonchev–Trinajstić information content (AvgIpc) is 2.58. The minimum Gasteiger partial charge on any atom is -0.357 e. The molecule has 0 saturated carbocycles. The van der Waals surface area contributed by atoms with Crippen LogP contribution in [-0.4, -0.2) is 31.1 Å². The number of alkyl halides is 3. The van der Waals surface area contributed by atoms with Crippen molar-refractivity contribution in [2.45, 2.75) is 46.3 Å². The SMILES string of the molecule is CCNC(=NCc1cccc(NC(=O)C(C)CC)c1)NCCC(F)(F)F. The Kier molecular flexibility index (Phi) is 8.95. The Bertz CT molecular complexity index is 602. The molecule has 0 aliphatic carbocycles. The quantitative estimate of drug-likeness (QED) is 0.482. The minimum atomic E-state index is -4.20. The van der Waals surface area contributed by atoms with Gasteiger partial charge in [0.1, 0.15) is 0 Å². The molecule has 8 heteroatoms. The number of nitrogens with one attached hydrogen (secondary N) is 3. The van der Waals surface area contributed by atoms with Gasteiger partial charge in [0, 0.05) is 24.7 Å². The fourth-order valence-corrected chi connectivity index (χ4v) is 2.03. The number of nitrogens with zero attached hydrogens (tertiary/aromatic N) is 1. The standard InChI is InChI=1S/C18H27F3N4O/c1-4-13(3)16(26)25-15-8-6-7-14(11-15)12-24-17(22-5-2)23-10-9-18(19,20)21/h6-8,11,13H,4-5,9-10,12H2,1-3H3,(H,25,26)(H2,22,23,24). The van der Waals surface area contributed by atoms with Crippen LogP contribution in [0, 0.1) is 5.92 Å². The van der Waals surface area contributed by atoms with Crippen molar-refractivity contribution in [3.8, 4) is 0 Å². The van der Waals surface area contributed by atoms with Crippen molar-refractivity contribution in [1.29, 1.82) is 0 Å². The molecule has 0 aromatic heterocycles. The molecular weight excluding hydrogens is 345 g/mol. The maximum absolute atomic E-state index is 12.2. The third-order valence-corrected chi connectivity index (χ3v) is 3.72. The highest BCUT2D eigenvalue weighted by molar-refractivity contribution is 5.92. The van der Waals surface area contributed by atoms with E-state index >= 15 is 0 Å². The van der Waals surface area contributed by atoms with Crippen LogP contribution in [0.2, 0.25) is 0 Å². The molecule has 0 fully saturated rings. The lowest BCUT2D eigenvalue weighted by Crippen LogP contribution is -2.38. The Morgan fingerprint density at radius 1 is 1.23 bits per heavy atom. The van der Waals surface area contributed by atoms with Crippen LogP contribution in [-0.2, 0) is 11.3 Å². The van der Waals surface area contributed by atoms with Gasteiger partial charge in [-0.15, -0.1) is 0 Å². The molecule has 1 amide bonds. The lowest BCUT2D eigenvalue weighted by molar-refractivity contribution is -0.132. The van der Waals surface area contributed by atoms with Gasteiger partial charge < -0.3 is 16.0 Å². The Labute approximate surface area is 152 Å². The zero-order valence-corrected chi connectivity index (χ0v) is 15.4. The second-order valence-electron chi connectivity index (χ2n) is 5.99. The number of carbonyl (C=O) groups excluding carboxylic acids is 1. The van der Waals surface area contributed by atoms with Gasteiger partial charge in [0.05, 0.1) is 13.0 Å². The first kappa shape index (κ1) is 21.8. The Hall–Kier alpha value is -2.25. The number of amides is 1. The molecular formula is C18H27F3N4O. The molecule has 0 radical (unpaired) electrons. The Morgan fingerprint density at radius 2 is 1.96 bits per heavy atom. The van der Waals surface area contributed by atoms with E-state index in [2.05, 4.69) is 20.9 Å². The molecule has 1 aromatic carbocycles. The number of hydrogen-bond donors (Lipinski definition) is 3. The molecule has 1 rings (SSSR count). The smallest absolute Gasteiger partial charge is 0.357 e. The largest absolute Gasteiger partial charge is 0.390 e. The topological polar surface area (TPSA) is 65.5 Å². The molecule has 3 N–H and O–H groups in total. The van der Waals surface area contributed by atoms with Crippen LogP contribution in [0.4, 0.5) is 18.9 Å². The molecule has 1 atom stereocenters. The number of rotatable bonds is 8. The summed E-state index contributed by atoms with van der Waals surface area (Å²) in [5.74, 6) is 0.205. The number of aliphatic imine (C=N–C) groups is 1. The third-order valence-electron chi connectivity index (χ3n) is 3.72. The van der Waals surface area contributed by atoms with Gasteiger partial charge in [-0.2, -0.15) is 13.2 Å². The van der Waals surface area contributed by atoms with Gasteiger partial charge in [-0.25, -0.2) is 4.99 Å². The van der Waals surface area contributed by atoms with Crippen LogP contribution in [0.15, 0.2) is 29.3 Å². The summed E-state index contributed by atoms with van der Waals surface area (Å²) in [4.78, 5) is 16.2. The van der Waals surface area contributed by atoms with Crippen LogP contribution in [0.5, 0.6) is 0 Å². The lowest BCUT2D eigenvalue weighted by Gasteiger charge is -2.13. The average molecular weight is 372 g/mol. The highest BCUT2D eigenvalue weighted by Gasteiger charge is 2.26. The third kappa shape index (κ3) is 8.73. The van der Waals surface area contributed by atoms with Gasteiger partial charge in [0.2, 0.25) is 5.91 Å². The van der Waals surface area contributed by atoms with E-state index < -0.39 is 12.6 Å². The molecule has 0 saturated heterocycles. The summed E-state index contributed by atoms with van der Waals surface area (Å²) in [7, 11) is 0. The fraction of sp³-hybridized carbons (Fsp3) is 0.556. The molecule has 1 unspecified atom stereocenters. The van der Waals surface area contributed by atoms with Crippen molar-refractivity contribution in [3.63, 3.8) is 0 Å². The number of benzene rings is 1. The van der Waals surface area contributed by atoms with Gasteiger partial charge in [-0.05, 0) is 31.0 Å². The second kappa shape index (κ2) is 10.7. The zero-order valence-electron chi connectivity index (χ0n) is 15.4. The lowest BCUT2D eigenvalue weighted by atomic mass is 10.1. The van der Waals surface area contributed by atoms with Gasteiger partial charge in [-0.3, -0.25) is 4.79 Å². The van der Waals surface area contributed by atoms with E-state index in [1.165, 1.54) is 0 Å². The van der Waals surface area contributed by atoms with E-state index in [9.17, 15) is 18.0 Å². The van der Waals surface area contributed by atoms with Crippen molar-refractivity contribution in [2.75, 3.05) is 18.4 Å². The van der Waals surface area contributed by atoms with Crippen LogP contribution in [0.3, 0.4) is 0 Å². The minimum absolute atomic E-state index is 0.0460. The monoisotopic (exact) mass is 372 g/mol. The maximum Gasteiger partial charge on any atom is 0.390 e. The van der Waals surface area contributed by atoms with E-state index in [4.69, 9.17) is 0 Å². The van der Waals surface area contributed by atoms with Crippen molar-refractivity contribution in [2.24, 2.45) is 10.9 Å². The summed E-state index contributed by atoms with van der Waals surface area (Å²) >= 11 is 0. The molecule has 0 aliphatic rings. The highest BCUT2D eigenvalue weighted by Crippen LogP contribution is 2.18. The van der Waals surface area contributed by atoms with Crippen LogP contribution in [0.25, 0.3) is 0 Å². The number of guanidine groups is 1. The summed E-state index contributed by atoms with van der Waals surface area (Å²) in [6.07, 6.45) is -4.37. The predicted octanol–water partition coefficient (Wildman–Crippen LogP) is 3.68. The zero-order chi connectivity index (χ0) is 19.6. The molecule has 5 nitrogen and oxygen atoms in total. The van der Waals surface area contributed by atoms with Crippen LogP contribution >= 0.6 is 0 Å². The summed E-state index contributed by atoms with van der Waals surface area (Å²) in [6.45, 7) is 6.24. The van der Waals surface area contributed by atoms with E-state index in [1.54, 1.807) is 12.1 Å². The molecule has 0 aliphatic heterocycles. The van der Waals surface area contributed by atoms with Crippen LogP contribution < -0.4 is 16.0 Å². The van der Waals surface area contributed by atoms with E-state index in [0.29, 0.717) is 18.2 Å². The predicted molar refractivity (Wildman–Crippen MR) is 98.0 cm³/mol. The maximum atomic E-state index is 12.2. The van der Waals surface area contributed by atoms with Gasteiger partial charge >= 0.3 is 6.18 Å². The summed E-state index contributed by atoms with van der Waals surface area (Å²) in [6, 6.07) is 7.26. The van der Waals surface area contributed by atoms with Crippen molar-refractivity contribution < 1.29 is 18.0 Å². The normalized spacial score (nSPS) is 13.2.